The minimum absolute atomic E-state index is 0.188. The molecule has 1 aromatic heterocycles. The standard InChI is InChI=1S/C20H17ClFN3O2S/c21-14-5-9-16(10-6-14)28(26,27)25-19(12-1-2-12)17-11-23-24-18(17)20(25)13-3-7-15(22)8-4-13/h3-12,19-20H,1-2H2,(H,23,24). The monoisotopic (exact) mass is 417 g/mol. The first-order chi connectivity index (χ1) is 13.5. The molecule has 5 nitrogen and oxygen atoms in total. The minimum Gasteiger partial charge on any atom is -0.280 e. The second kappa shape index (κ2) is 6.40. The van der Waals surface area contributed by atoms with E-state index in [2.05, 4.69) is 10.2 Å². The van der Waals surface area contributed by atoms with Crippen molar-refractivity contribution in [2.75, 3.05) is 0 Å². The molecule has 1 N–H and O–H groups in total. The van der Waals surface area contributed by atoms with E-state index in [1.807, 2.05) is 0 Å². The minimum atomic E-state index is -3.82. The summed E-state index contributed by atoms with van der Waals surface area (Å²) in [5.41, 5.74) is 2.35. The van der Waals surface area contributed by atoms with E-state index in [0.29, 0.717) is 10.6 Å². The molecule has 1 aliphatic carbocycles. The van der Waals surface area contributed by atoms with Crippen molar-refractivity contribution in [2.45, 2.75) is 29.8 Å². The predicted octanol–water partition coefficient (Wildman–Crippen LogP) is 4.45. The summed E-state index contributed by atoms with van der Waals surface area (Å²) >= 11 is 5.95. The van der Waals surface area contributed by atoms with Gasteiger partial charge < -0.3 is 0 Å². The Hall–Kier alpha value is -2.22. The maximum absolute atomic E-state index is 13.7. The van der Waals surface area contributed by atoms with Crippen LogP contribution < -0.4 is 0 Å². The van der Waals surface area contributed by atoms with Crippen molar-refractivity contribution >= 4 is 21.6 Å². The Morgan fingerprint density at radius 3 is 2.39 bits per heavy atom. The van der Waals surface area contributed by atoms with Gasteiger partial charge in [0.1, 0.15) is 5.82 Å². The molecule has 0 radical (unpaired) electrons. The highest BCUT2D eigenvalue weighted by atomic mass is 35.5. The van der Waals surface area contributed by atoms with Gasteiger partial charge in [-0.15, -0.1) is 0 Å². The van der Waals surface area contributed by atoms with Crippen LogP contribution in [0.2, 0.25) is 5.02 Å². The normalized spacial score (nSPS) is 22.4. The molecule has 28 heavy (non-hydrogen) atoms. The summed E-state index contributed by atoms with van der Waals surface area (Å²) in [5, 5.41) is 7.62. The van der Waals surface area contributed by atoms with Crippen molar-refractivity contribution in [3.8, 4) is 0 Å². The van der Waals surface area contributed by atoms with Crippen molar-refractivity contribution in [3.05, 3.63) is 82.4 Å². The first kappa shape index (κ1) is 17.8. The fraction of sp³-hybridized carbons (Fsp3) is 0.250. The van der Waals surface area contributed by atoms with Crippen molar-refractivity contribution in [1.29, 1.82) is 0 Å². The van der Waals surface area contributed by atoms with Gasteiger partial charge in [0.25, 0.3) is 0 Å². The predicted molar refractivity (Wildman–Crippen MR) is 103 cm³/mol. The number of nitrogens with zero attached hydrogens (tertiary/aromatic N) is 2. The van der Waals surface area contributed by atoms with Crippen molar-refractivity contribution < 1.29 is 12.8 Å². The number of aromatic nitrogens is 2. The van der Waals surface area contributed by atoms with Gasteiger partial charge in [-0.2, -0.15) is 9.40 Å². The highest BCUT2D eigenvalue weighted by Crippen LogP contribution is 2.56. The average Bonchev–Trinajstić information content (AvgIpc) is 3.30. The van der Waals surface area contributed by atoms with Crippen LogP contribution >= 0.6 is 11.6 Å². The first-order valence-electron chi connectivity index (χ1n) is 9.04. The second-order valence-corrected chi connectivity index (χ2v) is 9.54. The van der Waals surface area contributed by atoms with Gasteiger partial charge in [-0.25, -0.2) is 12.8 Å². The summed E-state index contributed by atoms with van der Waals surface area (Å²) in [6.07, 6.45) is 3.66. The van der Waals surface area contributed by atoms with Crippen LogP contribution in [0.5, 0.6) is 0 Å². The van der Waals surface area contributed by atoms with E-state index in [1.54, 1.807) is 34.8 Å². The third-order valence-corrected chi connectivity index (χ3v) is 7.58. The zero-order chi connectivity index (χ0) is 19.5. The molecule has 2 heterocycles. The molecule has 0 amide bonds. The van der Waals surface area contributed by atoms with E-state index in [0.717, 1.165) is 24.1 Å². The molecular formula is C20H17ClFN3O2S. The molecule has 144 valence electrons. The molecule has 5 rings (SSSR count). The smallest absolute Gasteiger partial charge is 0.244 e. The van der Waals surface area contributed by atoms with E-state index in [-0.39, 0.29) is 22.7 Å². The molecule has 3 aromatic rings. The Morgan fingerprint density at radius 1 is 1.07 bits per heavy atom. The number of fused-ring (bicyclic) bond motifs is 1. The lowest BCUT2D eigenvalue weighted by Gasteiger charge is -2.30. The molecular weight excluding hydrogens is 401 g/mol. The van der Waals surface area contributed by atoms with Gasteiger partial charge >= 0.3 is 0 Å². The number of hydrogen-bond acceptors (Lipinski definition) is 3. The van der Waals surface area contributed by atoms with Gasteiger partial charge in [0.05, 0.1) is 28.9 Å². The van der Waals surface area contributed by atoms with Crippen LogP contribution in [0.25, 0.3) is 0 Å². The Labute approximate surface area is 167 Å². The number of nitrogens with one attached hydrogen (secondary N) is 1. The zero-order valence-electron chi connectivity index (χ0n) is 14.7. The number of sulfonamides is 1. The van der Waals surface area contributed by atoms with E-state index in [1.165, 1.54) is 24.3 Å². The van der Waals surface area contributed by atoms with E-state index in [4.69, 9.17) is 11.6 Å². The van der Waals surface area contributed by atoms with Crippen molar-refractivity contribution in [3.63, 3.8) is 0 Å². The van der Waals surface area contributed by atoms with Gasteiger partial charge in [-0.05, 0) is 60.7 Å². The van der Waals surface area contributed by atoms with E-state index < -0.39 is 16.1 Å². The number of H-pyrrole nitrogens is 1. The Balaban J connectivity index is 1.69. The topological polar surface area (TPSA) is 66.1 Å². The van der Waals surface area contributed by atoms with E-state index in [9.17, 15) is 12.8 Å². The number of hydrogen-bond donors (Lipinski definition) is 1. The summed E-state index contributed by atoms with van der Waals surface area (Å²) in [7, 11) is -3.82. The Morgan fingerprint density at radius 2 is 1.75 bits per heavy atom. The lowest BCUT2D eigenvalue weighted by Crippen LogP contribution is -2.35. The van der Waals surface area contributed by atoms with Crippen LogP contribution in [0.4, 0.5) is 4.39 Å². The fourth-order valence-corrected chi connectivity index (χ4v) is 5.97. The molecule has 0 spiro atoms. The summed E-state index contributed by atoms with van der Waals surface area (Å²) in [6.45, 7) is 0. The van der Waals surface area contributed by atoms with Crippen LogP contribution in [0.1, 0.15) is 41.7 Å². The molecule has 1 aliphatic heterocycles. The zero-order valence-corrected chi connectivity index (χ0v) is 16.3. The molecule has 1 fully saturated rings. The highest BCUT2D eigenvalue weighted by Gasteiger charge is 2.52. The lowest BCUT2D eigenvalue weighted by molar-refractivity contribution is 0.286. The largest absolute Gasteiger partial charge is 0.280 e. The third-order valence-electron chi connectivity index (χ3n) is 5.46. The summed E-state index contributed by atoms with van der Waals surface area (Å²) in [4.78, 5) is 0.188. The van der Waals surface area contributed by atoms with Gasteiger partial charge in [0, 0.05) is 10.6 Å². The van der Waals surface area contributed by atoms with Crippen LogP contribution in [0.15, 0.2) is 59.6 Å². The van der Waals surface area contributed by atoms with Gasteiger partial charge in [-0.1, -0.05) is 23.7 Å². The summed E-state index contributed by atoms with van der Waals surface area (Å²) in [5.74, 6) is -0.110. The molecule has 2 aliphatic rings. The van der Waals surface area contributed by atoms with Crippen molar-refractivity contribution in [2.24, 2.45) is 5.92 Å². The molecule has 0 bridgehead atoms. The fourth-order valence-electron chi connectivity index (χ4n) is 4.03. The number of aromatic amines is 1. The van der Waals surface area contributed by atoms with Crippen LogP contribution in [0, 0.1) is 11.7 Å². The quantitative estimate of drug-likeness (QED) is 0.682. The Kier molecular flexibility index (Phi) is 4.08. The highest BCUT2D eigenvalue weighted by molar-refractivity contribution is 7.89. The van der Waals surface area contributed by atoms with Gasteiger partial charge in [0.15, 0.2) is 0 Å². The van der Waals surface area contributed by atoms with Crippen LogP contribution in [-0.2, 0) is 10.0 Å². The first-order valence-corrected chi connectivity index (χ1v) is 10.9. The number of benzene rings is 2. The molecule has 1 saturated carbocycles. The van der Waals surface area contributed by atoms with Crippen LogP contribution in [-0.4, -0.2) is 22.9 Å². The number of rotatable bonds is 4. The molecule has 2 unspecified atom stereocenters. The molecule has 2 aromatic carbocycles. The molecule has 0 saturated heterocycles. The Bertz CT molecular complexity index is 1130. The molecule has 8 heteroatoms. The van der Waals surface area contributed by atoms with Crippen molar-refractivity contribution in [1.82, 2.24) is 14.5 Å². The van der Waals surface area contributed by atoms with Gasteiger partial charge in [-0.3, -0.25) is 5.10 Å². The second-order valence-electron chi connectivity index (χ2n) is 7.26. The molecule has 2 atom stereocenters. The number of halogens is 2. The summed E-state index contributed by atoms with van der Waals surface area (Å²) < 4.78 is 42.4. The van der Waals surface area contributed by atoms with E-state index >= 15 is 0 Å². The summed E-state index contributed by atoms with van der Waals surface area (Å²) in [6, 6.07) is 11.3. The maximum Gasteiger partial charge on any atom is 0.244 e. The average molecular weight is 418 g/mol. The van der Waals surface area contributed by atoms with Crippen LogP contribution in [0.3, 0.4) is 0 Å². The van der Waals surface area contributed by atoms with Gasteiger partial charge in [0.2, 0.25) is 10.0 Å². The SMILES string of the molecule is O=S(=O)(c1ccc(Cl)cc1)N1C(c2ccc(F)cc2)c2[nH]ncc2C1C1CC1. The lowest BCUT2D eigenvalue weighted by atomic mass is 10.0. The third kappa shape index (κ3) is 2.77. The maximum atomic E-state index is 13.7.